The third kappa shape index (κ3) is 6.23. The van der Waals surface area contributed by atoms with Gasteiger partial charge in [-0.25, -0.2) is 4.79 Å². The summed E-state index contributed by atoms with van der Waals surface area (Å²) < 4.78 is 5.38. The number of aliphatic hydroxyl groups is 1. The van der Waals surface area contributed by atoms with Crippen LogP contribution < -0.4 is 0 Å². The van der Waals surface area contributed by atoms with Gasteiger partial charge in [0.1, 0.15) is 18.9 Å². The Hall–Kier alpha value is -2.08. The molecule has 2 rings (SSSR count). The molecule has 6 nitrogen and oxygen atoms in total. The smallest absolute Gasteiger partial charge is 0.412 e. The minimum atomic E-state index is -0.971. The van der Waals surface area contributed by atoms with Crippen LogP contribution in [0.5, 0.6) is 0 Å². The van der Waals surface area contributed by atoms with E-state index in [1.807, 2.05) is 35.2 Å². The maximum Gasteiger partial charge on any atom is 0.412 e. The lowest BCUT2D eigenvalue weighted by Crippen LogP contribution is -2.50. The van der Waals surface area contributed by atoms with Crippen LogP contribution in [0.25, 0.3) is 0 Å². The summed E-state index contributed by atoms with van der Waals surface area (Å²) in [4.78, 5) is 28.8. The molecule has 0 spiro atoms. The Bertz CT molecular complexity index is 608. The standard InChI is InChI=1S/C22H34N2O4/c1-3-5-10-16-23(15-6-4-2)21(26)19-13-14-20(25)24(19)22(27)28-17-18-11-8-7-9-12-18/h7-9,11-12,19-20,25H,3-6,10,13-17H2,1-2H3/t19-,20?/m0/s1. The highest BCUT2D eigenvalue weighted by molar-refractivity contribution is 5.86. The molecule has 0 radical (unpaired) electrons. The van der Waals surface area contributed by atoms with Gasteiger partial charge in [-0.3, -0.25) is 9.69 Å². The van der Waals surface area contributed by atoms with Crippen LogP contribution in [-0.4, -0.2) is 52.3 Å². The first-order valence-corrected chi connectivity index (χ1v) is 10.5. The number of hydrogen-bond acceptors (Lipinski definition) is 4. The first-order valence-electron chi connectivity index (χ1n) is 10.5. The van der Waals surface area contributed by atoms with Gasteiger partial charge in [0.05, 0.1) is 0 Å². The second kappa shape index (κ2) is 11.7. The van der Waals surface area contributed by atoms with Gasteiger partial charge in [-0.2, -0.15) is 0 Å². The number of carbonyl (C=O) groups excluding carboxylic acids is 2. The van der Waals surface area contributed by atoms with Crippen molar-refractivity contribution in [2.24, 2.45) is 0 Å². The van der Waals surface area contributed by atoms with Crippen molar-refractivity contribution in [3.8, 4) is 0 Å². The molecule has 2 amide bonds. The van der Waals surface area contributed by atoms with Crippen LogP contribution in [0, 0.1) is 0 Å². The van der Waals surface area contributed by atoms with E-state index in [1.54, 1.807) is 0 Å². The highest BCUT2D eigenvalue weighted by Crippen LogP contribution is 2.26. The minimum Gasteiger partial charge on any atom is -0.444 e. The topological polar surface area (TPSA) is 70.1 Å². The number of carbonyl (C=O) groups is 2. The molecular weight excluding hydrogens is 356 g/mol. The molecule has 1 fully saturated rings. The number of benzene rings is 1. The van der Waals surface area contributed by atoms with E-state index in [4.69, 9.17) is 4.74 Å². The average molecular weight is 391 g/mol. The number of nitrogens with zero attached hydrogens (tertiary/aromatic N) is 2. The third-order valence-electron chi connectivity index (χ3n) is 5.18. The summed E-state index contributed by atoms with van der Waals surface area (Å²) in [7, 11) is 0. The molecule has 0 aromatic heterocycles. The molecule has 28 heavy (non-hydrogen) atoms. The summed E-state index contributed by atoms with van der Waals surface area (Å²) in [6.07, 6.45) is 4.34. The summed E-state index contributed by atoms with van der Waals surface area (Å²) in [6, 6.07) is 8.75. The van der Waals surface area contributed by atoms with Gasteiger partial charge in [-0.05, 0) is 31.2 Å². The van der Waals surface area contributed by atoms with Gasteiger partial charge in [0, 0.05) is 13.1 Å². The molecule has 0 saturated carbocycles. The van der Waals surface area contributed by atoms with Gasteiger partial charge >= 0.3 is 6.09 Å². The van der Waals surface area contributed by atoms with Crippen LogP contribution in [0.15, 0.2) is 30.3 Å². The minimum absolute atomic E-state index is 0.0715. The summed E-state index contributed by atoms with van der Waals surface area (Å²) in [6.45, 7) is 5.75. The van der Waals surface area contributed by atoms with Crippen molar-refractivity contribution in [3.05, 3.63) is 35.9 Å². The van der Waals surface area contributed by atoms with Crippen LogP contribution in [0.2, 0.25) is 0 Å². The zero-order valence-electron chi connectivity index (χ0n) is 17.2. The summed E-state index contributed by atoms with van der Waals surface area (Å²) >= 11 is 0. The fraction of sp³-hybridized carbons (Fsp3) is 0.636. The van der Waals surface area contributed by atoms with E-state index in [2.05, 4.69) is 13.8 Å². The van der Waals surface area contributed by atoms with E-state index >= 15 is 0 Å². The van der Waals surface area contributed by atoms with Crippen LogP contribution in [0.4, 0.5) is 4.79 Å². The van der Waals surface area contributed by atoms with Crippen LogP contribution in [0.3, 0.4) is 0 Å². The number of hydrogen-bond donors (Lipinski definition) is 1. The predicted molar refractivity (Wildman–Crippen MR) is 109 cm³/mol. The monoisotopic (exact) mass is 390 g/mol. The molecule has 1 N–H and O–H groups in total. The molecule has 1 unspecified atom stereocenters. The Morgan fingerprint density at radius 1 is 1.07 bits per heavy atom. The van der Waals surface area contributed by atoms with E-state index in [-0.39, 0.29) is 12.5 Å². The second-order valence-corrected chi connectivity index (χ2v) is 7.41. The van der Waals surface area contributed by atoms with E-state index in [9.17, 15) is 14.7 Å². The highest BCUT2D eigenvalue weighted by Gasteiger charge is 2.42. The normalized spacial score (nSPS) is 18.9. The van der Waals surface area contributed by atoms with Gasteiger partial charge in [0.25, 0.3) is 0 Å². The highest BCUT2D eigenvalue weighted by atomic mass is 16.6. The first-order chi connectivity index (χ1) is 13.6. The van der Waals surface area contributed by atoms with E-state index in [0.29, 0.717) is 25.9 Å². The summed E-state index contributed by atoms with van der Waals surface area (Å²) in [5.41, 5.74) is 0.872. The van der Waals surface area contributed by atoms with Crippen LogP contribution in [0.1, 0.15) is 64.4 Å². The van der Waals surface area contributed by atoms with E-state index in [1.165, 1.54) is 4.90 Å². The number of unbranched alkanes of at least 4 members (excludes halogenated alkanes) is 3. The SMILES string of the molecule is CCCCCN(CCCC)C(=O)[C@@H]1CCC(O)N1C(=O)OCc1ccccc1. The Labute approximate surface area is 168 Å². The van der Waals surface area contributed by atoms with Crippen LogP contribution >= 0.6 is 0 Å². The van der Waals surface area contributed by atoms with Gasteiger partial charge < -0.3 is 14.7 Å². The number of aliphatic hydroxyl groups excluding tert-OH is 1. The summed E-state index contributed by atoms with van der Waals surface area (Å²) in [5.74, 6) is -0.0715. The zero-order valence-corrected chi connectivity index (χ0v) is 17.2. The molecule has 1 saturated heterocycles. The molecule has 1 aromatic carbocycles. The fourth-order valence-electron chi connectivity index (χ4n) is 3.52. The molecule has 1 aromatic rings. The molecule has 1 aliphatic rings. The number of amides is 2. The van der Waals surface area contributed by atoms with E-state index < -0.39 is 18.4 Å². The Balaban J connectivity index is 2.01. The van der Waals surface area contributed by atoms with Crippen molar-refractivity contribution < 1.29 is 19.4 Å². The molecule has 0 aliphatic carbocycles. The zero-order chi connectivity index (χ0) is 20.4. The molecule has 0 bridgehead atoms. The summed E-state index contributed by atoms with van der Waals surface area (Å²) in [5, 5.41) is 10.3. The molecule has 1 heterocycles. The third-order valence-corrected chi connectivity index (χ3v) is 5.18. The second-order valence-electron chi connectivity index (χ2n) is 7.41. The lowest BCUT2D eigenvalue weighted by molar-refractivity contribution is -0.137. The Kier molecular flexibility index (Phi) is 9.28. The lowest BCUT2D eigenvalue weighted by Gasteiger charge is -2.31. The van der Waals surface area contributed by atoms with Crippen molar-refractivity contribution >= 4 is 12.0 Å². The van der Waals surface area contributed by atoms with Gasteiger partial charge in [-0.1, -0.05) is 63.4 Å². The Morgan fingerprint density at radius 2 is 1.75 bits per heavy atom. The van der Waals surface area contributed by atoms with Crippen molar-refractivity contribution in [3.63, 3.8) is 0 Å². The van der Waals surface area contributed by atoms with Gasteiger partial charge in [-0.15, -0.1) is 0 Å². The molecule has 6 heteroatoms. The van der Waals surface area contributed by atoms with Gasteiger partial charge in [0.2, 0.25) is 5.91 Å². The van der Waals surface area contributed by atoms with Gasteiger partial charge in [0.15, 0.2) is 0 Å². The molecular formula is C22H34N2O4. The van der Waals surface area contributed by atoms with E-state index in [0.717, 1.165) is 37.7 Å². The number of ether oxygens (including phenoxy) is 1. The number of rotatable bonds is 10. The maximum absolute atomic E-state index is 13.1. The largest absolute Gasteiger partial charge is 0.444 e. The molecule has 156 valence electrons. The average Bonchev–Trinajstić information content (AvgIpc) is 3.10. The number of likely N-dealkylation sites (tertiary alicyclic amines) is 1. The fourth-order valence-corrected chi connectivity index (χ4v) is 3.52. The van der Waals surface area contributed by atoms with Crippen molar-refractivity contribution in [2.75, 3.05) is 13.1 Å². The van der Waals surface area contributed by atoms with Crippen molar-refractivity contribution in [1.82, 2.24) is 9.80 Å². The quantitative estimate of drug-likeness (QED) is 0.615. The molecule has 2 atom stereocenters. The maximum atomic E-state index is 13.1. The van der Waals surface area contributed by atoms with Crippen LogP contribution in [-0.2, 0) is 16.1 Å². The van der Waals surface area contributed by atoms with Crippen molar-refractivity contribution in [1.29, 1.82) is 0 Å². The predicted octanol–water partition coefficient (Wildman–Crippen LogP) is 3.92. The lowest BCUT2D eigenvalue weighted by atomic mass is 10.1. The Morgan fingerprint density at radius 3 is 2.43 bits per heavy atom. The molecule has 1 aliphatic heterocycles. The van der Waals surface area contributed by atoms with Crippen molar-refractivity contribution in [2.45, 2.75) is 77.7 Å². The first kappa shape index (κ1) is 22.2.